The molecule has 0 amide bonds. The van der Waals surface area contributed by atoms with Gasteiger partial charge >= 0.3 is 11.9 Å². The highest BCUT2D eigenvalue weighted by Crippen LogP contribution is 2.23. The molecule has 0 fully saturated rings. The van der Waals surface area contributed by atoms with E-state index in [-0.39, 0.29) is 25.9 Å². The Morgan fingerprint density at radius 2 is 1.25 bits per heavy atom. The average molecular weight is 354 g/mol. The molecule has 0 radical (unpaired) electrons. The first-order chi connectivity index (χ1) is 11.3. The topological polar surface area (TPSA) is 52.6 Å². The molecule has 0 aromatic heterocycles. The number of carbonyl (C=O) groups excluding carboxylic acids is 2. The van der Waals surface area contributed by atoms with Gasteiger partial charge in [-0.05, 0) is 12.8 Å². The Balaban J connectivity index is 2.52. The first-order valence-electron chi connectivity index (χ1n) is 7.11. The number of carbonyl (C=O) groups is 2. The zero-order valence-electron chi connectivity index (χ0n) is 12.8. The fraction of sp³-hybridized carbons (Fsp3) is 0.467. The van der Waals surface area contributed by atoms with E-state index in [0.29, 0.717) is 6.42 Å². The van der Waals surface area contributed by atoms with Crippen molar-refractivity contribution >= 4 is 11.9 Å². The number of benzene rings is 1. The summed E-state index contributed by atoms with van der Waals surface area (Å²) in [6, 6.07) is 0. The van der Waals surface area contributed by atoms with Crippen molar-refractivity contribution in [2.75, 3.05) is 6.61 Å². The van der Waals surface area contributed by atoms with Gasteiger partial charge in [0.1, 0.15) is 6.61 Å². The van der Waals surface area contributed by atoms with Crippen molar-refractivity contribution in [3.8, 4) is 0 Å². The Morgan fingerprint density at radius 3 is 1.75 bits per heavy atom. The van der Waals surface area contributed by atoms with Gasteiger partial charge in [-0.25, -0.2) is 22.0 Å². The molecule has 0 heterocycles. The van der Waals surface area contributed by atoms with Crippen molar-refractivity contribution in [3.05, 3.63) is 34.6 Å². The van der Waals surface area contributed by atoms with Crippen LogP contribution in [0, 0.1) is 29.1 Å². The highest BCUT2D eigenvalue weighted by molar-refractivity contribution is 5.72. The fourth-order valence-electron chi connectivity index (χ4n) is 1.67. The second kappa shape index (κ2) is 9.19. The van der Waals surface area contributed by atoms with Crippen LogP contribution in [0.2, 0.25) is 0 Å². The molecule has 24 heavy (non-hydrogen) atoms. The second-order valence-electron chi connectivity index (χ2n) is 4.78. The van der Waals surface area contributed by atoms with Crippen molar-refractivity contribution in [1.29, 1.82) is 0 Å². The lowest BCUT2D eigenvalue weighted by Crippen LogP contribution is -2.12. The van der Waals surface area contributed by atoms with Gasteiger partial charge < -0.3 is 9.47 Å². The molecule has 0 N–H and O–H groups in total. The first-order valence-corrected chi connectivity index (χ1v) is 7.11. The summed E-state index contributed by atoms with van der Waals surface area (Å²) < 4.78 is 74.7. The zero-order chi connectivity index (χ0) is 18.3. The number of rotatable bonds is 8. The molecule has 1 aromatic rings. The quantitative estimate of drug-likeness (QED) is 0.310. The standard InChI is InChI=1S/C15H15F5O4/c1-2-6-23-9(21)4-3-5-10(22)24-7-8-11(16)13(18)15(20)14(19)12(8)17/h2-7H2,1H3. The van der Waals surface area contributed by atoms with Crippen LogP contribution in [-0.4, -0.2) is 18.5 Å². The molecule has 9 heteroatoms. The Morgan fingerprint density at radius 1 is 0.792 bits per heavy atom. The van der Waals surface area contributed by atoms with E-state index >= 15 is 0 Å². The van der Waals surface area contributed by atoms with Gasteiger partial charge in [-0.3, -0.25) is 9.59 Å². The van der Waals surface area contributed by atoms with E-state index in [9.17, 15) is 31.5 Å². The van der Waals surface area contributed by atoms with E-state index in [2.05, 4.69) is 4.74 Å². The normalized spacial score (nSPS) is 10.6. The van der Waals surface area contributed by atoms with E-state index in [4.69, 9.17) is 4.74 Å². The molecule has 4 nitrogen and oxygen atoms in total. The summed E-state index contributed by atoms with van der Waals surface area (Å²) in [6.07, 6.45) is 0.391. The van der Waals surface area contributed by atoms with Crippen molar-refractivity contribution in [3.63, 3.8) is 0 Å². The lowest BCUT2D eigenvalue weighted by Gasteiger charge is -2.09. The van der Waals surface area contributed by atoms with Crippen LogP contribution >= 0.6 is 0 Å². The maximum atomic E-state index is 13.4. The fourth-order valence-corrected chi connectivity index (χ4v) is 1.67. The lowest BCUT2D eigenvalue weighted by atomic mass is 10.2. The van der Waals surface area contributed by atoms with Crippen LogP contribution in [0.25, 0.3) is 0 Å². The van der Waals surface area contributed by atoms with E-state index in [0.717, 1.165) is 0 Å². The molecule has 0 atom stereocenters. The van der Waals surface area contributed by atoms with Gasteiger partial charge in [0.05, 0.1) is 12.2 Å². The lowest BCUT2D eigenvalue weighted by molar-refractivity contribution is -0.146. The third-order valence-electron chi connectivity index (χ3n) is 2.91. The molecule has 0 aliphatic carbocycles. The minimum atomic E-state index is -2.29. The average Bonchev–Trinajstić information content (AvgIpc) is 2.56. The van der Waals surface area contributed by atoms with Crippen LogP contribution in [0.3, 0.4) is 0 Å². The third kappa shape index (κ3) is 5.17. The Labute approximate surface area is 134 Å². The number of ether oxygens (including phenoxy) is 2. The van der Waals surface area contributed by atoms with Gasteiger partial charge in [0.2, 0.25) is 5.82 Å². The summed E-state index contributed by atoms with van der Waals surface area (Å²) >= 11 is 0. The predicted octanol–water partition coefficient (Wildman–Crippen LogP) is 3.55. The van der Waals surface area contributed by atoms with E-state index in [1.807, 2.05) is 6.92 Å². The molecule has 0 unspecified atom stereocenters. The number of hydrogen-bond acceptors (Lipinski definition) is 4. The van der Waals surface area contributed by atoms with E-state index < -0.39 is 53.2 Å². The molecule has 0 aliphatic heterocycles. The van der Waals surface area contributed by atoms with Crippen LogP contribution in [0.15, 0.2) is 0 Å². The van der Waals surface area contributed by atoms with E-state index in [1.54, 1.807) is 0 Å². The van der Waals surface area contributed by atoms with Crippen LogP contribution < -0.4 is 0 Å². The SMILES string of the molecule is CCCOC(=O)CCCC(=O)OCc1c(F)c(F)c(F)c(F)c1F. The molecule has 0 aliphatic rings. The molecule has 0 saturated carbocycles. The predicted molar refractivity (Wildman–Crippen MR) is 71.1 cm³/mol. The highest BCUT2D eigenvalue weighted by atomic mass is 19.2. The maximum absolute atomic E-state index is 13.4. The van der Waals surface area contributed by atoms with Crippen LogP contribution in [0.4, 0.5) is 22.0 Å². The number of hydrogen-bond donors (Lipinski definition) is 0. The van der Waals surface area contributed by atoms with Gasteiger partial charge in [-0.15, -0.1) is 0 Å². The Kier molecular flexibility index (Phi) is 7.60. The van der Waals surface area contributed by atoms with Gasteiger partial charge in [0.15, 0.2) is 23.3 Å². The Bertz CT molecular complexity index is 589. The molecule has 0 bridgehead atoms. The molecule has 134 valence electrons. The third-order valence-corrected chi connectivity index (χ3v) is 2.91. The maximum Gasteiger partial charge on any atom is 0.306 e. The van der Waals surface area contributed by atoms with Gasteiger partial charge in [-0.2, -0.15) is 0 Å². The van der Waals surface area contributed by atoms with Crippen molar-refractivity contribution in [2.45, 2.75) is 39.2 Å². The van der Waals surface area contributed by atoms with Crippen molar-refractivity contribution in [2.24, 2.45) is 0 Å². The van der Waals surface area contributed by atoms with Gasteiger partial charge in [-0.1, -0.05) is 6.92 Å². The largest absolute Gasteiger partial charge is 0.466 e. The molecular formula is C15H15F5O4. The smallest absolute Gasteiger partial charge is 0.306 e. The number of esters is 2. The highest BCUT2D eigenvalue weighted by Gasteiger charge is 2.26. The minimum absolute atomic E-state index is 0.0579. The molecule has 0 saturated heterocycles. The van der Waals surface area contributed by atoms with Gasteiger partial charge in [0, 0.05) is 12.8 Å². The van der Waals surface area contributed by atoms with Crippen LogP contribution in [0.5, 0.6) is 0 Å². The summed E-state index contributed by atoms with van der Waals surface area (Å²) in [7, 11) is 0. The summed E-state index contributed by atoms with van der Waals surface area (Å²) in [5.41, 5.74) is -1.23. The second-order valence-corrected chi connectivity index (χ2v) is 4.78. The number of halogens is 5. The summed E-state index contributed by atoms with van der Waals surface area (Å²) in [4.78, 5) is 22.6. The Hall–Kier alpha value is -2.19. The summed E-state index contributed by atoms with van der Waals surface area (Å²) in [6.45, 7) is 0.957. The zero-order valence-corrected chi connectivity index (χ0v) is 12.8. The molecule has 0 spiro atoms. The first kappa shape index (κ1) is 19.9. The van der Waals surface area contributed by atoms with Crippen LogP contribution in [-0.2, 0) is 25.7 Å². The van der Waals surface area contributed by atoms with Crippen LogP contribution in [0.1, 0.15) is 38.2 Å². The van der Waals surface area contributed by atoms with Crippen molar-refractivity contribution < 1.29 is 41.0 Å². The van der Waals surface area contributed by atoms with E-state index in [1.165, 1.54) is 0 Å². The minimum Gasteiger partial charge on any atom is -0.466 e. The summed E-state index contributed by atoms with van der Waals surface area (Å²) in [5, 5.41) is 0. The van der Waals surface area contributed by atoms with Crippen molar-refractivity contribution in [1.82, 2.24) is 0 Å². The molecule has 1 rings (SSSR count). The monoisotopic (exact) mass is 354 g/mol. The van der Waals surface area contributed by atoms with Gasteiger partial charge in [0.25, 0.3) is 0 Å². The molecule has 1 aromatic carbocycles. The molecular weight excluding hydrogens is 339 g/mol. The summed E-state index contributed by atoms with van der Waals surface area (Å²) in [5.74, 6) is -12.1.